The Bertz CT molecular complexity index is 285. The van der Waals surface area contributed by atoms with E-state index < -0.39 is 15.3 Å². The van der Waals surface area contributed by atoms with Gasteiger partial charge in [-0.3, -0.25) is 0 Å². The highest BCUT2D eigenvalue weighted by atomic mass is 35.7. The van der Waals surface area contributed by atoms with Crippen LogP contribution < -0.4 is 4.72 Å². The van der Waals surface area contributed by atoms with Gasteiger partial charge in [-0.2, -0.15) is 8.42 Å². The molecule has 1 rings (SSSR count). The summed E-state index contributed by atoms with van der Waals surface area (Å²) in [6.07, 6.45) is 0. The fraction of sp³-hybridized carbons (Fsp3) is 0.800. The average Bonchev–Trinajstić information content (AvgIpc) is 2.03. The normalized spacial score (nSPS) is 18.4. The fourth-order valence-electron chi connectivity index (χ4n) is 0.935. The SMILES string of the molecule is O=C(NS(=O)(=O)Cl)N1CCOCC1. The Morgan fingerprint density at radius 3 is 2.38 bits per heavy atom. The highest BCUT2D eigenvalue weighted by Crippen LogP contribution is 1.99. The molecule has 0 aromatic rings. The number of carbonyl (C=O) groups is 1. The van der Waals surface area contributed by atoms with Crippen LogP contribution >= 0.6 is 10.7 Å². The van der Waals surface area contributed by atoms with Crippen LogP contribution in [0.4, 0.5) is 4.79 Å². The minimum absolute atomic E-state index is 0.373. The van der Waals surface area contributed by atoms with Crippen LogP contribution in [0.25, 0.3) is 0 Å². The number of carbonyl (C=O) groups excluding carboxylic acids is 1. The lowest BCUT2D eigenvalue weighted by molar-refractivity contribution is 0.0545. The molecule has 2 amide bonds. The van der Waals surface area contributed by atoms with Crippen LogP contribution in [-0.4, -0.2) is 45.7 Å². The number of morpholine rings is 1. The third kappa shape index (κ3) is 3.79. The van der Waals surface area contributed by atoms with E-state index in [9.17, 15) is 13.2 Å². The predicted octanol–water partition coefficient (Wildman–Crippen LogP) is -0.488. The van der Waals surface area contributed by atoms with Crippen molar-refractivity contribution in [2.45, 2.75) is 0 Å². The maximum Gasteiger partial charge on any atom is 0.332 e. The van der Waals surface area contributed by atoms with Gasteiger partial charge in [0.1, 0.15) is 0 Å². The lowest BCUT2D eigenvalue weighted by Gasteiger charge is -2.26. The molecule has 0 aromatic carbocycles. The van der Waals surface area contributed by atoms with Crippen LogP contribution in [0, 0.1) is 0 Å². The van der Waals surface area contributed by atoms with E-state index in [1.165, 1.54) is 4.90 Å². The van der Waals surface area contributed by atoms with E-state index in [2.05, 4.69) is 0 Å². The number of halogens is 1. The van der Waals surface area contributed by atoms with Crippen molar-refractivity contribution >= 4 is 26.0 Å². The minimum atomic E-state index is -3.98. The van der Waals surface area contributed by atoms with Gasteiger partial charge in [-0.25, -0.2) is 9.52 Å². The van der Waals surface area contributed by atoms with Crippen LogP contribution in [0.5, 0.6) is 0 Å². The van der Waals surface area contributed by atoms with Gasteiger partial charge in [0, 0.05) is 23.8 Å². The molecule has 76 valence electrons. The van der Waals surface area contributed by atoms with Crippen LogP contribution in [0.15, 0.2) is 0 Å². The molecule has 0 atom stereocenters. The summed E-state index contributed by atoms with van der Waals surface area (Å²) < 4.78 is 27.6. The van der Waals surface area contributed by atoms with Crippen molar-refractivity contribution in [1.29, 1.82) is 0 Å². The zero-order valence-corrected chi connectivity index (χ0v) is 8.27. The van der Waals surface area contributed by atoms with Crippen molar-refractivity contribution in [2.75, 3.05) is 26.3 Å². The van der Waals surface area contributed by atoms with E-state index in [-0.39, 0.29) is 0 Å². The molecule has 1 aliphatic rings. The Hall–Kier alpha value is -0.530. The van der Waals surface area contributed by atoms with E-state index in [4.69, 9.17) is 15.4 Å². The monoisotopic (exact) mass is 228 g/mol. The van der Waals surface area contributed by atoms with E-state index in [1.807, 2.05) is 0 Å². The predicted molar refractivity (Wildman–Crippen MR) is 45.7 cm³/mol. The molecule has 0 radical (unpaired) electrons. The van der Waals surface area contributed by atoms with Crippen molar-refractivity contribution in [2.24, 2.45) is 0 Å². The fourth-order valence-corrected chi connectivity index (χ4v) is 1.47. The summed E-state index contributed by atoms with van der Waals surface area (Å²) in [6.45, 7) is 1.57. The molecule has 1 heterocycles. The molecule has 0 unspecified atom stereocenters. The number of amides is 2. The van der Waals surface area contributed by atoms with Crippen LogP contribution in [0.3, 0.4) is 0 Å². The summed E-state index contributed by atoms with van der Waals surface area (Å²) in [4.78, 5) is 12.4. The Morgan fingerprint density at radius 1 is 1.38 bits per heavy atom. The van der Waals surface area contributed by atoms with Crippen LogP contribution in [-0.2, 0) is 14.0 Å². The van der Waals surface area contributed by atoms with Crippen molar-refractivity contribution in [3.05, 3.63) is 0 Å². The third-order valence-corrected chi connectivity index (χ3v) is 2.16. The molecule has 1 N–H and O–H groups in total. The third-order valence-electron chi connectivity index (χ3n) is 1.51. The molecule has 6 nitrogen and oxygen atoms in total. The van der Waals surface area contributed by atoms with E-state index >= 15 is 0 Å². The summed E-state index contributed by atoms with van der Waals surface area (Å²) in [5.41, 5.74) is 0. The van der Waals surface area contributed by atoms with E-state index in [0.29, 0.717) is 26.3 Å². The Balaban J connectivity index is 2.47. The van der Waals surface area contributed by atoms with Gasteiger partial charge in [0.05, 0.1) is 13.2 Å². The van der Waals surface area contributed by atoms with Crippen LogP contribution in [0.1, 0.15) is 0 Å². The van der Waals surface area contributed by atoms with Crippen molar-refractivity contribution in [3.63, 3.8) is 0 Å². The average molecular weight is 229 g/mol. The maximum atomic E-state index is 11.1. The zero-order chi connectivity index (χ0) is 9.90. The van der Waals surface area contributed by atoms with Gasteiger partial charge < -0.3 is 9.64 Å². The first kappa shape index (κ1) is 10.6. The number of nitrogens with one attached hydrogen (secondary N) is 1. The Labute approximate surface area is 80.3 Å². The molecule has 1 saturated heterocycles. The molecule has 1 fully saturated rings. The molecule has 0 bridgehead atoms. The second kappa shape index (κ2) is 4.12. The molecule has 0 saturated carbocycles. The van der Waals surface area contributed by atoms with Gasteiger partial charge in [-0.05, 0) is 0 Å². The second-order valence-electron chi connectivity index (χ2n) is 2.44. The molecule has 1 aliphatic heterocycles. The molecule has 8 heteroatoms. The summed E-state index contributed by atoms with van der Waals surface area (Å²) in [7, 11) is 0.847. The minimum Gasteiger partial charge on any atom is -0.378 e. The number of ether oxygens (including phenoxy) is 1. The lowest BCUT2D eigenvalue weighted by atomic mass is 10.4. The first-order valence-corrected chi connectivity index (χ1v) is 5.89. The standard InChI is InChI=1S/C5H9ClN2O4S/c6-13(10,11)7-5(9)8-1-3-12-4-2-8/h1-4H2,(H,7,9). The van der Waals surface area contributed by atoms with Gasteiger partial charge in [0.15, 0.2) is 0 Å². The summed E-state index contributed by atoms with van der Waals surface area (Å²) in [5.74, 6) is 0. The Kier molecular flexibility index (Phi) is 3.34. The maximum absolute atomic E-state index is 11.1. The molecule has 0 aromatic heterocycles. The zero-order valence-electron chi connectivity index (χ0n) is 6.69. The Morgan fingerprint density at radius 2 is 1.92 bits per heavy atom. The molecular formula is C5H9ClN2O4S. The lowest BCUT2D eigenvalue weighted by Crippen LogP contribution is -2.46. The number of urea groups is 1. The topological polar surface area (TPSA) is 75.7 Å². The van der Waals surface area contributed by atoms with Crippen LogP contribution in [0.2, 0.25) is 0 Å². The number of hydrogen-bond donors (Lipinski definition) is 1. The smallest absolute Gasteiger partial charge is 0.332 e. The number of nitrogens with zero attached hydrogens (tertiary/aromatic N) is 1. The van der Waals surface area contributed by atoms with E-state index in [0.717, 1.165) is 0 Å². The van der Waals surface area contributed by atoms with Gasteiger partial charge in [0.2, 0.25) is 0 Å². The number of hydrogen-bond acceptors (Lipinski definition) is 4. The quantitative estimate of drug-likeness (QED) is 0.615. The van der Waals surface area contributed by atoms with Crippen molar-refractivity contribution in [3.8, 4) is 0 Å². The largest absolute Gasteiger partial charge is 0.378 e. The molecule has 0 spiro atoms. The highest BCUT2D eigenvalue weighted by Gasteiger charge is 2.20. The molecular weight excluding hydrogens is 220 g/mol. The van der Waals surface area contributed by atoms with Crippen molar-refractivity contribution < 1.29 is 17.9 Å². The van der Waals surface area contributed by atoms with E-state index in [1.54, 1.807) is 4.72 Å². The summed E-state index contributed by atoms with van der Waals surface area (Å²) in [6, 6.07) is -0.710. The highest BCUT2D eigenvalue weighted by molar-refractivity contribution is 8.12. The second-order valence-corrected chi connectivity index (χ2v) is 4.74. The summed E-state index contributed by atoms with van der Waals surface area (Å²) in [5, 5.41) is 0. The molecule has 13 heavy (non-hydrogen) atoms. The van der Waals surface area contributed by atoms with Crippen molar-refractivity contribution in [1.82, 2.24) is 9.62 Å². The van der Waals surface area contributed by atoms with Gasteiger partial charge in [-0.15, -0.1) is 0 Å². The van der Waals surface area contributed by atoms with Gasteiger partial charge in [0.25, 0.3) is 0 Å². The van der Waals surface area contributed by atoms with Gasteiger partial charge in [-0.1, -0.05) is 0 Å². The number of rotatable bonds is 1. The first-order chi connectivity index (χ1) is 5.99. The first-order valence-electron chi connectivity index (χ1n) is 3.58. The summed E-state index contributed by atoms with van der Waals surface area (Å²) >= 11 is 0. The molecule has 0 aliphatic carbocycles. The van der Waals surface area contributed by atoms with Gasteiger partial charge >= 0.3 is 15.3 Å².